The predicted molar refractivity (Wildman–Crippen MR) is 101 cm³/mol. The topological polar surface area (TPSA) is 45.8 Å². The summed E-state index contributed by atoms with van der Waals surface area (Å²) in [6.45, 7) is 2.76. The van der Waals surface area contributed by atoms with Gasteiger partial charge in [0.05, 0.1) is 19.0 Å². The molecule has 1 aromatic heterocycles. The van der Waals surface area contributed by atoms with E-state index in [1.165, 1.54) is 11.1 Å². The Morgan fingerprint density at radius 1 is 0.846 bits per heavy atom. The van der Waals surface area contributed by atoms with Gasteiger partial charge < -0.3 is 14.3 Å². The highest BCUT2D eigenvalue weighted by Crippen LogP contribution is 2.11. The fourth-order valence-corrected chi connectivity index (χ4v) is 2.91. The molecule has 4 nitrogen and oxygen atoms in total. The lowest BCUT2D eigenvalue weighted by atomic mass is 10.1. The van der Waals surface area contributed by atoms with E-state index in [-0.39, 0.29) is 6.61 Å². The third-order valence-electron chi connectivity index (χ3n) is 4.10. The molecule has 0 aliphatic carbocycles. The normalized spacial score (nSPS) is 12.4. The summed E-state index contributed by atoms with van der Waals surface area (Å²) in [6.07, 6.45) is 1.06. The summed E-state index contributed by atoms with van der Waals surface area (Å²) in [5.41, 5.74) is 2.46. The SMILES string of the molecule is O[C@H](COCc1ccco1)CN(Cc1ccccc1)Cc1ccccc1. The summed E-state index contributed by atoms with van der Waals surface area (Å²) in [4.78, 5) is 2.24. The van der Waals surface area contributed by atoms with Gasteiger partial charge in [0.2, 0.25) is 0 Å². The molecule has 3 rings (SSSR count). The number of hydrogen-bond acceptors (Lipinski definition) is 4. The second-order valence-corrected chi connectivity index (χ2v) is 6.39. The van der Waals surface area contributed by atoms with Crippen molar-refractivity contribution in [3.05, 3.63) is 95.9 Å². The van der Waals surface area contributed by atoms with Gasteiger partial charge >= 0.3 is 0 Å². The van der Waals surface area contributed by atoms with Crippen molar-refractivity contribution in [3.63, 3.8) is 0 Å². The first kappa shape index (κ1) is 18.4. The number of benzene rings is 2. The molecule has 136 valence electrons. The van der Waals surface area contributed by atoms with Gasteiger partial charge in [0.1, 0.15) is 12.4 Å². The van der Waals surface area contributed by atoms with Crippen LogP contribution in [0.15, 0.2) is 83.5 Å². The molecule has 0 fully saturated rings. The molecule has 0 radical (unpaired) electrons. The van der Waals surface area contributed by atoms with E-state index in [4.69, 9.17) is 9.15 Å². The van der Waals surface area contributed by atoms with Crippen LogP contribution in [0.5, 0.6) is 0 Å². The van der Waals surface area contributed by atoms with Crippen molar-refractivity contribution in [2.24, 2.45) is 0 Å². The van der Waals surface area contributed by atoms with E-state index in [0.717, 1.165) is 18.8 Å². The Hall–Kier alpha value is -2.40. The minimum Gasteiger partial charge on any atom is -0.467 e. The van der Waals surface area contributed by atoms with Gasteiger partial charge in [-0.15, -0.1) is 0 Å². The monoisotopic (exact) mass is 351 g/mol. The molecule has 0 aliphatic heterocycles. The second kappa shape index (κ2) is 9.92. The van der Waals surface area contributed by atoms with Crippen LogP contribution in [0.25, 0.3) is 0 Å². The molecule has 0 amide bonds. The van der Waals surface area contributed by atoms with Crippen LogP contribution in [0.4, 0.5) is 0 Å². The van der Waals surface area contributed by atoms with E-state index in [0.29, 0.717) is 13.2 Å². The molecule has 1 N–H and O–H groups in total. The Kier molecular flexibility index (Phi) is 7.02. The van der Waals surface area contributed by atoms with E-state index in [2.05, 4.69) is 29.2 Å². The van der Waals surface area contributed by atoms with E-state index in [9.17, 15) is 5.11 Å². The van der Waals surface area contributed by atoms with E-state index < -0.39 is 6.10 Å². The van der Waals surface area contributed by atoms with Crippen LogP contribution >= 0.6 is 0 Å². The lowest BCUT2D eigenvalue weighted by Crippen LogP contribution is -2.34. The molecule has 3 aromatic rings. The zero-order valence-corrected chi connectivity index (χ0v) is 14.8. The van der Waals surface area contributed by atoms with Crippen LogP contribution < -0.4 is 0 Å². The van der Waals surface area contributed by atoms with Crippen LogP contribution in [0.2, 0.25) is 0 Å². The minimum atomic E-state index is -0.558. The van der Waals surface area contributed by atoms with Crippen molar-refractivity contribution in [2.75, 3.05) is 13.2 Å². The first-order valence-electron chi connectivity index (χ1n) is 8.88. The van der Waals surface area contributed by atoms with Gasteiger partial charge in [-0.05, 0) is 23.3 Å². The Morgan fingerprint density at radius 2 is 1.46 bits per heavy atom. The number of aliphatic hydroxyl groups excluding tert-OH is 1. The number of furan rings is 1. The minimum absolute atomic E-state index is 0.279. The molecule has 1 heterocycles. The molecule has 4 heteroatoms. The third-order valence-corrected chi connectivity index (χ3v) is 4.10. The van der Waals surface area contributed by atoms with Crippen molar-refractivity contribution in [1.82, 2.24) is 4.90 Å². The Labute approximate surface area is 154 Å². The number of ether oxygens (including phenoxy) is 1. The van der Waals surface area contributed by atoms with Crippen molar-refractivity contribution >= 4 is 0 Å². The molecule has 0 aliphatic rings. The van der Waals surface area contributed by atoms with Gasteiger partial charge in [-0.3, -0.25) is 4.90 Å². The standard InChI is InChI=1S/C22H25NO3/c24-21(17-25-18-22-12-7-13-26-22)16-23(14-19-8-3-1-4-9-19)15-20-10-5-2-6-11-20/h1-13,21,24H,14-18H2/t21-/m0/s1. The molecule has 0 saturated carbocycles. The zero-order chi connectivity index (χ0) is 18.0. The number of rotatable bonds is 10. The van der Waals surface area contributed by atoms with Crippen molar-refractivity contribution in [1.29, 1.82) is 0 Å². The van der Waals surface area contributed by atoms with Crippen LogP contribution in [-0.2, 0) is 24.4 Å². The third kappa shape index (κ3) is 6.15. The molecule has 0 spiro atoms. The van der Waals surface area contributed by atoms with Gasteiger partial charge in [0.25, 0.3) is 0 Å². The van der Waals surface area contributed by atoms with Gasteiger partial charge in [-0.25, -0.2) is 0 Å². The quantitative estimate of drug-likeness (QED) is 0.602. The lowest BCUT2D eigenvalue weighted by molar-refractivity contribution is 0.00253. The highest BCUT2D eigenvalue weighted by atomic mass is 16.5. The first-order valence-corrected chi connectivity index (χ1v) is 8.88. The van der Waals surface area contributed by atoms with Crippen molar-refractivity contribution in [3.8, 4) is 0 Å². The molecular formula is C22H25NO3. The van der Waals surface area contributed by atoms with Gasteiger partial charge in [-0.1, -0.05) is 60.7 Å². The lowest BCUT2D eigenvalue weighted by Gasteiger charge is -2.25. The average molecular weight is 351 g/mol. The van der Waals surface area contributed by atoms with Crippen LogP contribution in [-0.4, -0.2) is 29.3 Å². The van der Waals surface area contributed by atoms with Crippen LogP contribution in [0.1, 0.15) is 16.9 Å². The van der Waals surface area contributed by atoms with E-state index >= 15 is 0 Å². The summed E-state index contributed by atoms with van der Waals surface area (Å²) in [7, 11) is 0. The number of hydrogen-bond donors (Lipinski definition) is 1. The Bertz CT molecular complexity index is 687. The largest absolute Gasteiger partial charge is 0.467 e. The molecule has 0 saturated heterocycles. The molecular weight excluding hydrogens is 326 g/mol. The van der Waals surface area contributed by atoms with Gasteiger partial charge in [0, 0.05) is 19.6 Å². The summed E-state index contributed by atoms with van der Waals surface area (Å²) in [5.74, 6) is 0.766. The summed E-state index contributed by atoms with van der Waals surface area (Å²) in [5, 5.41) is 10.4. The maximum Gasteiger partial charge on any atom is 0.129 e. The molecule has 0 unspecified atom stereocenters. The second-order valence-electron chi connectivity index (χ2n) is 6.39. The zero-order valence-electron chi connectivity index (χ0n) is 14.8. The van der Waals surface area contributed by atoms with Gasteiger partial charge in [0.15, 0.2) is 0 Å². The molecule has 26 heavy (non-hydrogen) atoms. The average Bonchev–Trinajstić information content (AvgIpc) is 3.17. The van der Waals surface area contributed by atoms with E-state index in [1.807, 2.05) is 48.5 Å². The smallest absolute Gasteiger partial charge is 0.129 e. The van der Waals surface area contributed by atoms with Crippen LogP contribution in [0.3, 0.4) is 0 Å². The van der Waals surface area contributed by atoms with Crippen LogP contribution in [0, 0.1) is 0 Å². The fourth-order valence-electron chi connectivity index (χ4n) is 2.91. The summed E-state index contributed by atoms with van der Waals surface area (Å²) < 4.78 is 10.8. The first-order chi connectivity index (χ1) is 12.8. The molecule has 2 aromatic carbocycles. The molecule has 0 bridgehead atoms. The molecule has 1 atom stereocenters. The highest BCUT2D eigenvalue weighted by molar-refractivity contribution is 5.17. The maximum atomic E-state index is 10.4. The van der Waals surface area contributed by atoms with Crippen molar-refractivity contribution in [2.45, 2.75) is 25.8 Å². The Balaban J connectivity index is 1.55. The summed E-state index contributed by atoms with van der Waals surface area (Å²) >= 11 is 0. The highest BCUT2D eigenvalue weighted by Gasteiger charge is 2.13. The van der Waals surface area contributed by atoms with Gasteiger partial charge in [-0.2, -0.15) is 0 Å². The number of nitrogens with zero attached hydrogens (tertiary/aromatic N) is 1. The summed E-state index contributed by atoms with van der Waals surface area (Å²) in [6, 6.07) is 24.3. The predicted octanol–water partition coefficient (Wildman–Crippen LogP) is 3.86. The fraction of sp³-hybridized carbons (Fsp3) is 0.273. The van der Waals surface area contributed by atoms with Crippen molar-refractivity contribution < 1.29 is 14.3 Å². The Morgan fingerprint density at radius 3 is 2.00 bits per heavy atom. The van der Waals surface area contributed by atoms with E-state index in [1.54, 1.807) is 6.26 Å². The maximum absolute atomic E-state index is 10.4. The number of aliphatic hydroxyl groups is 1.